The molecule has 0 spiro atoms. The van der Waals surface area contributed by atoms with Crippen LogP contribution < -0.4 is 10.1 Å². The molecule has 0 amide bonds. The predicted octanol–water partition coefficient (Wildman–Crippen LogP) is 7.27. The van der Waals surface area contributed by atoms with Crippen molar-refractivity contribution in [3.8, 4) is 5.75 Å². The van der Waals surface area contributed by atoms with Gasteiger partial charge in [-0.2, -0.15) is 0 Å². The molecule has 0 aliphatic carbocycles. The Labute approximate surface area is 167 Å². The first-order valence-corrected chi connectivity index (χ1v) is 9.29. The molecule has 1 N–H and O–H groups in total. The lowest BCUT2D eigenvalue weighted by molar-refractivity contribution is 0.363. The largest absolute Gasteiger partial charge is 0.486 e. The molecule has 2 aromatic carbocycles. The van der Waals surface area contributed by atoms with Crippen molar-refractivity contribution in [1.82, 2.24) is 0 Å². The number of hydrogen-bond donors (Lipinski definition) is 1. The van der Waals surface area contributed by atoms with Gasteiger partial charge in [0.2, 0.25) is 0 Å². The van der Waals surface area contributed by atoms with Crippen molar-refractivity contribution < 1.29 is 4.74 Å². The van der Waals surface area contributed by atoms with E-state index >= 15 is 0 Å². The van der Waals surface area contributed by atoms with E-state index in [1.807, 2.05) is 24.3 Å². The van der Waals surface area contributed by atoms with Crippen LogP contribution in [0.2, 0.25) is 15.1 Å². The minimum Gasteiger partial charge on any atom is -0.486 e. The van der Waals surface area contributed by atoms with E-state index in [9.17, 15) is 0 Å². The molecular formula is C16H12Br2Cl3NO. The minimum atomic E-state index is 0.350. The number of hydrogen-bond acceptors (Lipinski definition) is 2. The normalized spacial score (nSPS) is 10.3. The van der Waals surface area contributed by atoms with Crippen LogP contribution in [0.4, 0.5) is 5.69 Å². The fraction of sp³-hybridized carbons (Fsp3) is 0.125. The summed E-state index contributed by atoms with van der Waals surface area (Å²) >= 11 is 24.9. The van der Waals surface area contributed by atoms with Gasteiger partial charge in [-0.15, -0.1) is 0 Å². The molecule has 0 aliphatic heterocycles. The number of rotatable bonds is 6. The van der Waals surface area contributed by atoms with Crippen LogP contribution in [0.25, 0.3) is 0 Å². The Morgan fingerprint density at radius 2 is 1.65 bits per heavy atom. The number of benzene rings is 2. The van der Waals surface area contributed by atoms with Crippen molar-refractivity contribution in [3.63, 3.8) is 0 Å². The van der Waals surface area contributed by atoms with Crippen LogP contribution in [0.1, 0.15) is 5.56 Å². The summed E-state index contributed by atoms with van der Waals surface area (Å²) in [6.45, 7) is 0.992. The predicted molar refractivity (Wildman–Crippen MR) is 107 cm³/mol. The zero-order valence-electron chi connectivity index (χ0n) is 11.8. The summed E-state index contributed by atoms with van der Waals surface area (Å²) in [5.41, 5.74) is 1.92. The molecule has 0 aliphatic rings. The van der Waals surface area contributed by atoms with Gasteiger partial charge in [0.25, 0.3) is 0 Å². The smallest absolute Gasteiger partial charge is 0.157 e. The highest BCUT2D eigenvalue weighted by Crippen LogP contribution is 2.36. The monoisotopic (exact) mass is 497 g/mol. The van der Waals surface area contributed by atoms with Crippen molar-refractivity contribution in [3.05, 3.63) is 66.5 Å². The maximum Gasteiger partial charge on any atom is 0.157 e. The van der Waals surface area contributed by atoms with E-state index in [-0.39, 0.29) is 0 Å². The standard InChI is InChI=1S/C16H12Br2Cl3NO/c17-15(18)5-6-23-16-13(20)7-12(8-14(16)21)22-9-10-1-3-11(19)4-2-10/h1-5,7-8,22H,6,9H2. The molecule has 122 valence electrons. The molecule has 0 atom stereocenters. The number of nitrogens with one attached hydrogen (secondary N) is 1. The van der Waals surface area contributed by atoms with Crippen LogP contribution in [0, 0.1) is 0 Å². The third kappa shape index (κ3) is 6.20. The molecule has 0 aromatic heterocycles. The van der Waals surface area contributed by atoms with Crippen LogP contribution in [-0.2, 0) is 6.54 Å². The Kier molecular flexibility index (Phi) is 7.57. The quantitative estimate of drug-likeness (QED) is 0.451. The Morgan fingerprint density at radius 1 is 1.04 bits per heavy atom. The zero-order chi connectivity index (χ0) is 16.8. The molecule has 0 saturated heterocycles. The lowest BCUT2D eigenvalue weighted by Crippen LogP contribution is -2.01. The molecule has 7 heteroatoms. The third-order valence-electron chi connectivity index (χ3n) is 2.87. The Morgan fingerprint density at radius 3 is 2.22 bits per heavy atom. The van der Waals surface area contributed by atoms with Gasteiger partial charge in [-0.25, -0.2) is 0 Å². The molecule has 0 bridgehead atoms. The second kappa shape index (κ2) is 9.19. The molecule has 0 saturated carbocycles. The molecule has 0 heterocycles. The Hall–Kier alpha value is -0.390. The summed E-state index contributed by atoms with van der Waals surface area (Å²) < 4.78 is 6.37. The van der Waals surface area contributed by atoms with Crippen LogP contribution in [0.3, 0.4) is 0 Å². The highest BCUT2D eigenvalue weighted by Gasteiger charge is 2.09. The SMILES string of the molecule is Clc1ccc(CNc2cc(Cl)c(OCC=C(Br)Br)c(Cl)c2)cc1. The van der Waals surface area contributed by atoms with E-state index in [2.05, 4.69) is 37.2 Å². The third-order valence-corrected chi connectivity index (χ3v) is 4.33. The van der Waals surface area contributed by atoms with E-state index in [4.69, 9.17) is 39.5 Å². The molecule has 2 aromatic rings. The summed E-state index contributed by atoms with van der Waals surface area (Å²) in [7, 11) is 0. The first-order chi connectivity index (χ1) is 11.0. The lowest BCUT2D eigenvalue weighted by atomic mass is 10.2. The average Bonchev–Trinajstić information content (AvgIpc) is 2.49. The average molecular weight is 500 g/mol. The van der Waals surface area contributed by atoms with Gasteiger partial charge in [0, 0.05) is 17.3 Å². The summed E-state index contributed by atoms with van der Waals surface area (Å²) in [5.74, 6) is 0.461. The van der Waals surface area contributed by atoms with Gasteiger partial charge in [-0.3, -0.25) is 0 Å². The fourth-order valence-electron chi connectivity index (χ4n) is 1.79. The van der Waals surface area contributed by atoms with E-state index < -0.39 is 0 Å². The van der Waals surface area contributed by atoms with Crippen molar-refractivity contribution in [2.75, 3.05) is 11.9 Å². The van der Waals surface area contributed by atoms with Gasteiger partial charge in [0.1, 0.15) is 6.61 Å². The molecule has 23 heavy (non-hydrogen) atoms. The Bertz CT molecular complexity index is 678. The molecule has 0 radical (unpaired) electrons. The van der Waals surface area contributed by atoms with Crippen LogP contribution in [-0.4, -0.2) is 6.61 Å². The zero-order valence-corrected chi connectivity index (χ0v) is 17.2. The van der Waals surface area contributed by atoms with Gasteiger partial charge >= 0.3 is 0 Å². The van der Waals surface area contributed by atoms with Crippen molar-refractivity contribution >= 4 is 72.4 Å². The summed E-state index contributed by atoms with van der Waals surface area (Å²) in [4.78, 5) is 0. The molecule has 0 unspecified atom stereocenters. The van der Waals surface area contributed by atoms with Crippen molar-refractivity contribution in [2.24, 2.45) is 0 Å². The van der Waals surface area contributed by atoms with Crippen molar-refractivity contribution in [2.45, 2.75) is 6.54 Å². The maximum atomic E-state index is 6.24. The molecule has 2 nitrogen and oxygen atoms in total. The van der Waals surface area contributed by atoms with Gasteiger partial charge in [-0.05, 0) is 67.8 Å². The lowest BCUT2D eigenvalue weighted by Gasteiger charge is -2.12. The summed E-state index contributed by atoms with van der Waals surface area (Å²) in [6, 6.07) is 11.2. The van der Waals surface area contributed by atoms with Crippen molar-refractivity contribution in [1.29, 1.82) is 0 Å². The molecule has 0 fully saturated rings. The second-order valence-electron chi connectivity index (χ2n) is 4.55. The highest BCUT2D eigenvalue weighted by atomic mass is 79.9. The van der Waals surface area contributed by atoms with Gasteiger partial charge < -0.3 is 10.1 Å². The number of halogens is 5. The second-order valence-corrected chi connectivity index (χ2v) is 8.58. The number of ether oxygens (including phenoxy) is 1. The van der Waals surface area contributed by atoms with E-state index in [1.54, 1.807) is 18.2 Å². The van der Waals surface area contributed by atoms with Gasteiger partial charge in [0.05, 0.1) is 13.4 Å². The first-order valence-electron chi connectivity index (χ1n) is 6.57. The first kappa shape index (κ1) is 18.9. The summed E-state index contributed by atoms with van der Waals surface area (Å²) in [5, 5.41) is 4.89. The van der Waals surface area contributed by atoms with Gasteiger partial charge in [0.15, 0.2) is 5.75 Å². The van der Waals surface area contributed by atoms with Crippen LogP contribution in [0.15, 0.2) is 45.9 Å². The highest BCUT2D eigenvalue weighted by molar-refractivity contribution is 9.28. The van der Waals surface area contributed by atoms with E-state index in [1.165, 1.54) is 0 Å². The molecular weight excluding hydrogens is 488 g/mol. The van der Waals surface area contributed by atoms with E-state index in [0.29, 0.717) is 34.0 Å². The van der Waals surface area contributed by atoms with E-state index in [0.717, 1.165) is 14.6 Å². The minimum absolute atomic E-state index is 0.350. The summed E-state index contributed by atoms with van der Waals surface area (Å²) in [6.07, 6.45) is 1.80. The van der Waals surface area contributed by atoms with Gasteiger partial charge in [-0.1, -0.05) is 46.9 Å². The Balaban J connectivity index is 2.03. The topological polar surface area (TPSA) is 21.3 Å². The number of anilines is 1. The maximum absolute atomic E-state index is 6.24. The van der Waals surface area contributed by atoms with Crippen LogP contribution in [0.5, 0.6) is 5.75 Å². The fourth-order valence-corrected chi connectivity index (χ4v) is 2.78. The molecule has 2 rings (SSSR count). The van der Waals surface area contributed by atoms with Crippen LogP contribution >= 0.6 is 66.7 Å².